The van der Waals surface area contributed by atoms with E-state index in [-0.39, 0.29) is 5.95 Å². The van der Waals surface area contributed by atoms with Crippen molar-refractivity contribution in [2.75, 3.05) is 45.8 Å². The number of rotatable bonds is 7. The van der Waals surface area contributed by atoms with Crippen molar-refractivity contribution in [2.24, 2.45) is 0 Å². The molecular formula is C10H17N5O4. The van der Waals surface area contributed by atoms with E-state index < -0.39 is 11.8 Å². The van der Waals surface area contributed by atoms with E-state index in [9.17, 15) is 9.59 Å². The number of H-pyrrole nitrogens is 1. The van der Waals surface area contributed by atoms with Gasteiger partial charge in [-0.1, -0.05) is 0 Å². The second kappa shape index (κ2) is 8.16. The summed E-state index contributed by atoms with van der Waals surface area (Å²) < 4.78 is 9.79. The Balaban J connectivity index is 2.55. The first kappa shape index (κ1) is 15.1. The molecule has 106 valence electrons. The monoisotopic (exact) mass is 271 g/mol. The second-order valence-corrected chi connectivity index (χ2v) is 3.57. The average Bonchev–Trinajstić information content (AvgIpc) is 2.91. The predicted molar refractivity (Wildman–Crippen MR) is 65.3 cm³/mol. The minimum atomic E-state index is -0.788. The summed E-state index contributed by atoms with van der Waals surface area (Å²) in [5.41, 5.74) is 0. The Morgan fingerprint density at radius 1 is 1.32 bits per heavy atom. The van der Waals surface area contributed by atoms with Gasteiger partial charge >= 0.3 is 11.8 Å². The largest absolute Gasteiger partial charge is 0.383 e. The highest BCUT2D eigenvalue weighted by Crippen LogP contribution is 1.97. The van der Waals surface area contributed by atoms with E-state index in [2.05, 4.69) is 20.5 Å². The van der Waals surface area contributed by atoms with Crippen molar-refractivity contribution in [1.29, 1.82) is 0 Å². The third-order valence-corrected chi connectivity index (χ3v) is 2.26. The van der Waals surface area contributed by atoms with Gasteiger partial charge in [0.1, 0.15) is 6.33 Å². The first-order valence-corrected chi connectivity index (χ1v) is 5.62. The molecule has 0 aliphatic rings. The number of amides is 2. The molecule has 0 aromatic carbocycles. The van der Waals surface area contributed by atoms with Gasteiger partial charge in [0.05, 0.1) is 13.2 Å². The molecule has 0 bridgehead atoms. The van der Waals surface area contributed by atoms with E-state index in [4.69, 9.17) is 9.47 Å². The van der Waals surface area contributed by atoms with Crippen molar-refractivity contribution in [3.05, 3.63) is 6.33 Å². The Labute approximate surface area is 110 Å². The normalized spacial score (nSPS) is 10.2. The Kier molecular flexibility index (Phi) is 6.47. The van der Waals surface area contributed by atoms with Gasteiger partial charge in [0.15, 0.2) is 0 Å². The molecule has 9 heteroatoms. The van der Waals surface area contributed by atoms with Crippen LogP contribution in [0.15, 0.2) is 6.33 Å². The highest BCUT2D eigenvalue weighted by Gasteiger charge is 2.22. The van der Waals surface area contributed by atoms with Crippen LogP contribution in [0.5, 0.6) is 0 Å². The lowest BCUT2D eigenvalue weighted by Crippen LogP contribution is -2.43. The topological polar surface area (TPSA) is 109 Å². The maximum atomic E-state index is 11.9. The molecule has 0 radical (unpaired) electrons. The molecule has 0 spiro atoms. The second-order valence-electron chi connectivity index (χ2n) is 3.57. The molecule has 2 amide bonds. The predicted octanol–water partition coefficient (Wildman–Crippen LogP) is -1.14. The van der Waals surface area contributed by atoms with Gasteiger partial charge < -0.3 is 14.4 Å². The summed E-state index contributed by atoms with van der Waals surface area (Å²) >= 11 is 0. The summed E-state index contributed by atoms with van der Waals surface area (Å²) in [6.07, 6.45) is 1.23. The molecule has 0 aliphatic heterocycles. The summed E-state index contributed by atoms with van der Waals surface area (Å²) in [5.74, 6) is -1.34. The van der Waals surface area contributed by atoms with Crippen LogP contribution < -0.4 is 5.32 Å². The first-order chi connectivity index (χ1) is 9.19. The fraction of sp³-hybridized carbons (Fsp3) is 0.600. The minimum Gasteiger partial charge on any atom is -0.383 e. The van der Waals surface area contributed by atoms with E-state index >= 15 is 0 Å². The number of carbonyl (C=O) groups excluding carboxylic acids is 2. The number of aromatic amines is 1. The standard InChI is InChI=1S/C10H17N5O4/c1-18-5-3-15(4-6-19-2)9(17)8(16)13-10-11-7-12-14-10/h7H,3-6H2,1-2H3,(H2,11,12,13,14,16). The van der Waals surface area contributed by atoms with Crippen molar-refractivity contribution in [1.82, 2.24) is 20.1 Å². The molecule has 1 aromatic rings. The molecular weight excluding hydrogens is 254 g/mol. The number of aromatic nitrogens is 3. The van der Waals surface area contributed by atoms with Gasteiger partial charge in [-0.15, -0.1) is 0 Å². The zero-order valence-electron chi connectivity index (χ0n) is 10.9. The lowest BCUT2D eigenvalue weighted by molar-refractivity contribution is -0.144. The zero-order valence-corrected chi connectivity index (χ0v) is 10.9. The third-order valence-electron chi connectivity index (χ3n) is 2.26. The van der Waals surface area contributed by atoms with Crippen LogP contribution in [-0.4, -0.2) is 72.4 Å². The molecule has 0 fully saturated rings. The molecule has 1 aromatic heterocycles. The maximum Gasteiger partial charge on any atom is 0.316 e. The lowest BCUT2D eigenvalue weighted by Gasteiger charge is -2.20. The molecule has 0 aliphatic carbocycles. The third kappa shape index (κ3) is 5.02. The van der Waals surface area contributed by atoms with Crippen LogP contribution in [0.4, 0.5) is 5.95 Å². The fourth-order valence-corrected chi connectivity index (χ4v) is 1.29. The number of nitrogens with one attached hydrogen (secondary N) is 2. The van der Waals surface area contributed by atoms with E-state index in [1.807, 2.05) is 0 Å². The van der Waals surface area contributed by atoms with Crippen molar-refractivity contribution in [2.45, 2.75) is 0 Å². The number of hydrogen-bond donors (Lipinski definition) is 2. The number of methoxy groups -OCH3 is 2. The minimum absolute atomic E-state index is 0.122. The van der Waals surface area contributed by atoms with Gasteiger partial charge in [-0.3, -0.25) is 14.9 Å². The molecule has 19 heavy (non-hydrogen) atoms. The first-order valence-electron chi connectivity index (χ1n) is 5.62. The van der Waals surface area contributed by atoms with Crippen LogP contribution in [0.25, 0.3) is 0 Å². The molecule has 0 saturated heterocycles. The Hall–Kier alpha value is -2.00. The summed E-state index contributed by atoms with van der Waals surface area (Å²) in [7, 11) is 3.04. The van der Waals surface area contributed by atoms with Crippen molar-refractivity contribution in [3.63, 3.8) is 0 Å². The van der Waals surface area contributed by atoms with Crippen LogP contribution >= 0.6 is 0 Å². The van der Waals surface area contributed by atoms with Gasteiger partial charge in [-0.25, -0.2) is 5.10 Å². The van der Waals surface area contributed by atoms with E-state index in [0.29, 0.717) is 26.3 Å². The smallest absolute Gasteiger partial charge is 0.316 e. The van der Waals surface area contributed by atoms with Crippen LogP contribution in [0.3, 0.4) is 0 Å². The average molecular weight is 271 g/mol. The molecule has 1 rings (SSSR count). The van der Waals surface area contributed by atoms with Crippen molar-refractivity contribution < 1.29 is 19.1 Å². The summed E-state index contributed by atoms with van der Waals surface area (Å²) in [5, 5.41) is 8.31. The number of ether oxygens (including phenoxy) is 2. The van der Waals surface area contributed by atoms with E-state index in [1.165, 1.54) is 25.4 Å². The van der Waals surface area contributed by atoms with Crippen molar-refractivity contribution >= 4 is 17.8 Å². The number of hydrogen-bond acceptors (Lipinski definition) is 6. The lowest BCUT2D eigenvalue weighted by atomic mass is 10.4. The highest BCUT2D eigenvalue weighted by molar-refractivity contribution is 6.39. The highest BCUT2D eigenvalue weighted by atomic mass is 16.5. The Bertz CT molecular complexity index is 387. The van der Waals surface area contributed by atoms with Gasteiger partial charge in [0.25, 0.3) is 0 Å². The number of nitrogens with zero attached hydrogens (tertiary/aromatic N) is 3. The van der Waals surface area contributed by atoms with Gasteiger partial charge in [-0.05, 0) is 0 Å². The van der Waals surface area contributed by atoms with Gasteiger partial charge in [-0.2, -0.15) is 10.1 Å². The molecule has 9 nitrogen and oxygen atoms in total. The van der Waals surface area contributed by atoms with Gasteiger partial charge in [0, 0.05) is 27.3 Å². The summed E-state index contributed by atoms with van der Waals surface area (Å²) in [6.45, 7) is 1.29. The molecule has 0 unspecified atom stereocenters. The zero-order chi connectivity index (χ0) is 14.1. The van der Waals surface area contributed by atoms with E-state index in [0.717, 1.165) is 0 Å². The van der Waals surface area contributed by atoms with E-state index in [1.54, 1.807) is 0 Å². The van der Waals surface area contributed by atoms with Crippen LogP contribution in [0.1, 0.15) is 0 Å². The number of anilines is 1. The molecule has 0 atom stereocenters. The van der Waals surface area contributed by atoms with Crippen molar-refractivity contribution in [3.8, 4) is 0 Å². The van der Waals surface area contributed by atoms with Crippen LogP contribution in [0, 0.1) is 0 Å². The molecule has 0 saturated carbocycles. The molecule has 2 N–H and O–H groups in total. The Morgan fingerprint density at radius 2 is 1.95 bits per heavy atom. The van der Waals surface area contributed by atoms with Crippen LogP contribution in [-0.2, 0) is 19.1 Å². The number of carbonyl (C=O) groups is 2. The summed E-state index contributed by atoms with van der Waals surface area (Å²) in [6, 6.07) is 0. The maximum absolute atomic E-state index is 11.9. The quantitative estimate of drug-likeness (QED) is 0.607. The fourth-order valence-electron chi connectivity index (χ4n) is 1.29. The van der Waals surface area contributed by atoms with Gasteiger partial charge in [0.2, 0.25) is 5.95 Å². The Morgan fingerprint density at radius 3 is 2.42 bits per heavy atom. The summed E-state index contributed by atoms with van der Waals surface area (Å²) in [4.78, 5) is 28.7. The van der Waals surface area contributed by atoms with Crippen LogP contribution in [0.2, 0.25) is 0 Å². The SMILES string of the molecule is COCCN(CCOC)C(=O)C(=O)Nc1ncn[nH]1. The molecule has 1 heterocycles.